The van der Waals surface area contributed by atoms with Gasteiger partial charge in [0.05, 0.1) is 10.9 Å². The normalized spacial score (nSPS) is 10.3. The zero-order valence-corrected chi connectivity index (χ0v) is 9.20. The molecule has 15 heavy (non-hydrogen) atoms. The number of halogens is 2. The molecule has 5 heteroatoms. The third-order valence-electron chi connectivity index (χ3n) is 1.86. The van der Waals surface area contributed by atoms with Gasteiger partial charge < -0.3 is 0 Å². The first-order chi connectivity index (χ1) is 7.31. The fourth-order valence-corrected chi connectivity index (χ4v) is 1.52. The van der Waals surface area contributed by atoms with Crippen LogP contribution in [-0.4, -0.2) is 15.0 Å². The van der Waals surface area contributed by atoms with E-state index < -0.39 is 0 Å². The number of benzene rings is 1. The van der Waals surface area contributed by atoms with E-state index in [9.17, 15) is 0 Å². The second-order valence-electron chi connectivity index (χ2n) is 2.84. The van der Waals surface area contributed by atoms with Crippen molar-refractivity contribution in [1.82, 2.24) is 15.0 Å². The first kappa shape index (κ1) is 10.3. The van der Waals surface area contributed by atoms with Gasteiger partial charge in [-0.15, -0.1) is 11.6 Å². The minimum atomic E-state index is 0.264. The van der Waals surface area contributed by atoms with Crippen molar-refractivity contribution in [1.29, 1.82) is 0 Å². The molecule has 0 radical (unpaired) electrons. The van der Waals surface area contributed by atoms with E-state index in [1.807, 2.05) is 18.2 Å². The van der Waals surface area contributed by atoms with Crippen LogP contribution in [0.25, 0.3) is 11.4 Å². The van der Waals surface area contributed by atoms with Crippen molar-refractivity contribution in [2.75, 3.05) is 0 Å². The van der Waals surface area contributed by atoms with Crippen molar-refractivity contribution < 1.29 is 0 Å². The second-order valence-corrected chi connectivity index (χ2v) is 3.51. The molecule has 0 fully saturated rings. The molecule has 76 valence electrons. The average molecular weight is 240 g/mol. The molecule has 1 aromatic carbocycles. The predicted octanol–water partition coefficient (Wildman–Crippen LogP) is 2.93. The van der Waals surface area contributed by atoms with Crippen LogP contribution in [0, 0.1) is 0 Å². The van der Waals surface area contributed by atoms with Gasteiger partial charge in [-0.1, -0.05) is 23.7 Å². The van der Waals surface area contributed by atoms with Gasteiger partial charge in [-0.3, -0.25) is 0 Å². The molecule has 0 spiro atoms. The lowest BCUT2D eigenvalue weighted by atomic mass is 10.2. The Balaban J connectivity index is 2.49. The van der Waals surface area contributed by atoms with Gasteiger partial charge in [-0.2, -0.15) is 0 Å². The Morgan fingerprint density at radius 3 is 2.67 bits per heavy atom. The summed E-state index contributed by atoms with van der Waals surface area (Å²) >= 11 is 11.7. The third kappa shape index (κ3) is 2.25. The molecule has 0 aliphatic heterocycles. The smallest absolute Gasteiger partial charge is 0.164 e. The Bertz CT molecular complexity index is 474. The summed E-state index contributed by atoms with van der Waals surface area (Å²) in [7, 11) is 0. The lowest BCUT2D eigenvalue weighted by molar-refractivity contribution is 0.967. The first-order valence-electron chi connectivity index (χ1n) is 4.30. The molecule has 0 amide bonds. The molecular formula is C10H7Cl2N3. The average Bonchev–Trinajstić information content (AvgIpc) is 2.30. The quantitative estimate of drug-likeness (QED) is 0.757. The van der Waals surface area contributed by atoms with Crippen LogP contribution in [-0.2, 0) is 5.88 Å². The molecular weight excluding hydrogens is 233 g/mol. The largest absolute Gasteiger partial charge is 0.220 e. The van der Waals surface area contributed by atoms with Crippen molar-refractivity contribution in [3.05, 3.63) is 41.4 Å². The molecule has 2 rings (SSSR count). The van der Waals surface area contributed by atoms with Crippen molar-refractivity contribution in [3.63, 3.8) is 0 Å². The Morgan fingerprint density at radius 1 is 1.13 bits per heavy atom. The summed E-state index contributed by atoms with van der Waals surface area (Å²) in [5.74, 6) is 1.35. The Kier molecular flexibility index (Phi) is 3.14. The van der Waals surface area contributed by atoms with Crippen LogP contribution in [0.3, 0.4) is 0 Å². The van der Waals surface area contributed by atoms with Gasteiger partial charge in [0.25, 0.3) is 0 Å². The van der Waals surface area contributed by atoms with E-state index in [2.05, 4.69) is 15.0 Å². The second kappa shape index (κ2) is 4.55. The Hall–Kier alpha value is -1.19. The Morgan fingerprint density at radius 2 is 1.93 bits per heavy atom. The predicted molar refractivity (Wildman–Crippen MR) is 59.8 cm³/mol. The lowest BCUT2D eigenvalue weighted by Crippen LogP contribution is -1.96. The summed E-state index contributed by atoms with van der Waals surface area (Å²) in [6, 6.07) is 7.39. The van der Waals surface area contributed by atoms with Crippen LogP contribution < -0.4 is 0 Å². The number of nitrogens with zero attached hydrogens (tertiary/aromatic N) is 3. The maximum absolute atomic E-state index is 6.02. The van der Waals surface area contributed by atoms with Gasteiger partial charge >= 0.3 is 0 Å². The summed E-state index contributed by atoms with van der Waals surface area (Å²) < 4.78 is 0. The van der Waals surface area contributed by atoms with Crippen LogP contribution in [0.15, 0.2) is 30.6 Å². The highest BCUT2D eigenvalue weighted by molar-refractivity contribution is 6.33. The highest BCUT2D eigenvalue weighted by Gasteiger charge is 2.06. The molecule has 0 N–H and O–H groups in total. The van der Waals surface area contributed by atoms with Gasteiger partial charge in [-0.05, 0) is 12.1 Å². The van der Waals surface area contributed by atoms with Crippen molar-refractivity contribution >= 4 is 23.2 Å². The molecule has 0 aliphatic carbocycles. The van der Waals surface area contributed by atoms with Gasteiger partial charge in [0, 0.05) is 5.56 Å². The first-order valence-corrected chi connectivity index (χ1v) is 5.21. The van der Waals surface area contributed by atoms with Crippen molar-refractivity contribution in [3.8, 4) is 11.4 Å². The zero-order valence-electron chi connectivity index (χ0n) is 7.69. The summed E-state index contributed by atoms with van der Waals surface area (Å²) in [6.07, 6.45) is 1.43. The van der Waals surface area contributed by atoms with Gasteiger partial charge in [0.1, 0.15) is 12.2 Å². The number of hydrogen-bond donors (Lipinski definition) is 0. The van der Waals surface area contributed by atoms with E-state index in [1.54, 1.807) is 6.07 Å². The lowest BCUT2D eigenvalue weighted by Gasteiger charge is -2.02. The maximum atomic E-state index is 6.02. The topological polar surface area (TPSA) is 38.7 Å². The molecule has 2 aromatic rings. The van der Waals surface area contributed by atoms with Crippen molar-refractivity contribution in [2.24, 2.45) is 0 Å². The Labute approximate surface area is 97.1 Å². The molecule has 0 aliphatic rings. The summed E-state index contributed by atoms with van der Waals surface area (Å²) in [5, 5.41) is 0.615. The standard InChI is InChI=1S/C10H7Cl2N3/c11-5-9-13-6-14-10(15-9)7-3-1-2-4-8(7)12/h1-4,6H,5H2. The highest BCUT2D eigenvalue weighted by Crippen LogP contribution is 2.23. The minimum absolute atomic E-state index is 0.264. The van der Waals surface area contributed by atoms with E-state index in [0.717, 1.165) is 5.56 Å². The van der Waals surface area contributed by atoms with Crippen LogP contribution in [0.4, 0.5) is 0 Å². The maximum Gasteiger partial charge on any atom is 0.164 e. The van der Waals surface area contributed by atoms with Gasteiger partial charge in [-0.25, -0.2) is 15.0 Å². The molecule has 1 aromatic heterocycles. The highest BCUT2D eigenvalue weighted by atomic mass is 35.5. The number of aromatic nitrogens is 3. The summed E-state index contributed by atoms with van der Waals surface area (Å²) in [5.41, 5.74) is 0.785. The van der Waals surface area contributed by atoms with Crippen LogP contribution in [0.5, 0.6) is 0 Å². The molecule has 0 saturated heterocycles. The fraction of sp³-hybridized carbons (Fsp3) is 0.100. The third-order valence-corrected chi connectivity index (χ3v) is 2.42. The number of rotatable bonds is 2. The SMILES string of the molecule is ClCc1ncnc(-c2ccccc2Cl)n1. The van der Waals surface area contributed by atoms with E-state index in [1.165, 1.54) is 6.33 Å². The molecule has 0 unspecified atom stereocenters. The van der Waals surface area contributed by atoms with E-state index in [0.29, 0.717) is 16.7 Å². The molecule has 0 saturated carbocycles. The van der Waals surface area contributed by atoms with E-state index in [-0.39, 0.29) is 5.88 Å². The van der Waals surface area contributed by atoms with Gasteiger partial charge in [0.15, 0.2) is 5.82 Å². The van der Waals surface area contributed by atoms with E-state index >= 15 is 0 Å². The van der Waals surface area contributed by atoms with Crippen LogP contribution >= 0.6 is 23.2 Å². The zero-order chi connectivity index (χ0) is 10.7. The van der Waals surface area contributed by atoms with Crippen molar-refractivity contribution in [2.45, 2.75) is 5.88 Å². The molecule has 0 atom stereocenters. The molecule has 1 heterocycles. The summed E-state index contributed by atoms with van der Waals surface area (Å²) in [6.45, 7) is 0. The van der Waals surface area contributed by atoms with Crippen LogP contribution in [0.2, 0.25) is 5.02 Å². The molecule has 0 bridgehead atoms. The van der Waals surface area contributed by atoms with Crippen LogP contribution in [0.1, 0.15) is 5.82 Å². The summed E-state index contributed by atoms with van der Waals surface area (Å²) in [4.78, 5) is 12.2. The molecule has 3 nitrogen and oxygen atoms in total. The number of hydrogen-bond acceptors (Lipinski definition) is 3. The number of alkyl halides is 1. The minimum Gasteiger partial charge on any atom is -0.220 e. The monoisotopic (exact) mass is 239 g/mol. The van der Waals surface area contributed by atoms with Gasteiger partial charge in [0.2, 0.25) is 0 Å². The fourth-order valence-electron chi connectivity index (χ4n) is 1.17. The van der Waals surface area contributed by atoms with E-state index in [4.69, 9.17) is 23.2 Å².